The van der Waals surface area contributed by atoms with Crippen molar-refractivity contribution in [1.82, 2.24) is 25.2 Å². The topological polar surface area (TPSA) is 75.6 Å². The summed E-state index contributed by atoms with van der Waals surface area (Å²) in [6, 6.07) is 9.72. The number of benzene rings is 2. The monoisotopic (exact) mass is 846 g/mol. The molecule has 4 aromatic rings. The molecule has 7 heterocycles. The number of rotatable bonds is 5. The zero-order valence-corrected chi connectivity index (χ0v) is 34.2. The third-order valence-corrected chi connectivity index (χ3v) is 13.0. The van der Waals surface area contributed by atoms with Gasteiger partial charge in [0.2, 0.25) is 0 Å². The Balaban J connectivity index is 0.000000339. The van der Waals surface area contributed by atoms with Crippen LogP contribution in [-0.4, -0.2) is 94.8 Å². The van der Waals surface area contributed by atoms with Crippen molar-refractivity contribution in [3.05, 3.63) is 53.2 Å². The number of nitrogens with zero attached hydrogens (tertiary/aromatic N) is 5. The number of fused-ring (bicyclic) bond motifs is 7. The number of terminal acetylenes is 1. The van der Waals surface area contributed by atoms with Crippen LogP contribution in [0.4, 0.5) is 40.9 Å². The van der Waals surface area contributed by atoms with Crippen LogP contribution >= 0.6 is 0 Å². The van der Waals surface area contributed by atoms with Crippen molar-refractivity contribution >= 4 is 27.5 Å². The predicted octanol–water partition coefficient (Wildman–Crippen LogP) is 9.69. The first-order valence-electron chi connectivity index (χ1n) is 20.8. The number of ether oxygens (including phenoxy) is 2. The molecule has 5 aliphatic heterocycles. The van der Waals surface area contributed by atoms with Crippen LogP contribution in [0.15, 0.2) is 30.3 Å². The summed E-state index contributed by atoms with van der Waals surface area (Å²) in [5.41, 5.74) is -2.39. The molecule has 4 fully saturated rings. The van der Waals surface area contributed by atoms with Gasteiger partial charge >= 0.3 is 18.4 Å². The van der Waals surface area contributed by atoms with Gasteiger partial charge in [0.05, 0.1) is 22.2 Å². The van der Waals surface area contributed by atoms with E-state index in [-0.39, 0.29) is 41.3 Å². The van der Waals surface area contributed by atoms with Gasteiger partial charge in [0.15, 0.2) is 5.82 Å². The predicted molar refractivity (Wildman–Crippen MR) is 214 cm³/mol. The zero-order valence-electron chi connectivity index (χ0n) is 34.2. The van der Waals surface area contributed by atoms with Crippen LogP contribution in [-0.2, 0) is 11.2 Å². The number of aromatic nitrogens is 3. The summed E-state index contributed by atoms with van der Waals surface area (Å²) in [5.74, 6) is 2.17. The van der Waals surface area contributed by atoms with Gasteiger partial charge in [-0.05, 0) is 89.3 Å². The molecule has 8 nitrogen and oxygen atoms in total. The third kappa shape index (κ3) is 7.63. The second-order valence-electron chi connectivity index (χ2n) is 16.2. The van der Waals surface area contributed by atoms with Crippen LogP contribution < -0.4 is 15.0 Å². The summed E-state index contributed by atoms with van der Waals surface area (Å²) in [4.78, 5) is 19.9. The Morgan fingerprint density at radius 2 is 1.62 bits per heavy atom. The molecule has 2 aromatic carbocycles. The number of piperidine rings is 1. The van der Waals surface area contributed by atoms with Gasteiger partial charge < -0.3 is 19.7 Å². The van der Waals surface area contributed by atoms with Gasteiger partial charge in [0.25, 0.3) is 5.60 Å². The van der Waals surface area contributed by atoms with Gasteiger partial charge in [-0.3, -0.25) is 4.90 Å². The van der Waals surface area contributed by atoms with E-state index in [0.29, 0.717) is 48.6 Å². The Bertz CT molecular complexity index is 2230. The largest absolute Gasteiger partial charge is 0.461 e. The van der Waals surface area contributed by atoms with Crippen LogP contribution in [0.25, 0.3) is 32.9 Å². The molecule has 0 spiro atoms. The molecule has 0 saturated carbocycles. The van der Waals surface area contributed by atoms with E-state index in [0.717, 1.165) is 87.9 Å². The average Bonchev–Trinajstić information content (AvgIpc) is 3.81. The van der Waals surface area contributed by atoms with E-state index in [1.807, 2.05) is 26.0 Å². The molecule has 2 unspecified atom stereocenters. The quantitative estimate of drug-likeness (QED) is 0.157. The van der Waals surface area contributed by atoms with Gasteiger partial charge in [-0.1, -0.05) is 50.5 Å². The van der Waals surface area contributed by atoms with E-state index in [9.17, 15) is 30.7 Å². The van der Waals surface area contributed by atoms with Gasteiger partial charge in [0.1, 0.15) is 29.5 Å². The molecule has 0 amide bonds. The Morgan fingerprint density at radius 1 is 0.900 bits per heavy atom. The zero-order chi connectivity index (χ0) is 43.2. The second kappa shape index (κ2) is 16.9. The van der Waals surface area contributed by atoms with Gasteiger partial charge in [0, 0.05) is 42.7 Å². The molecule has 16 heteroatoms. The normalized spacial score (nSPS) is 22.4. The molecular formula is C44H50F8N6O2. The molecule has 1 N–H and O–H groups in total. The molecule has 2 aromatic heterocycles. The lowest BCUT2D eigenvalue weighted by atomic mass is 9.84. The number of methoxy groups -OCH3 is 1. The number of pyridine rings is 1. The minimum absolute atomic E-state index is 0.00425. The third-order valence-electron chi connectivity index (χ3n) is 13.0. The first-order valence-corrected chi connectivity index (χ1v) is 20.8. The van der Waals surface area contributed by atoms with Crippen molar-refractivity contribution < 1.29 is 44.6 Å². The number of anilines is 1. The molecule has 0 radical (unpaired) electrons. The molecule has 3 atom stereocenters. The second-order valence-corrected chi connectivity index (χ2v) is 16.2. The fraction of sp³-hybridized carbons (Fsp3) is 0.568. The Labute approximate surface area is 344 Å². The van der Waals surface area contributed by atoms with Crippen LogP contribution in [0, 0.1) is 24.0 Å². The Kier molecular flexibility index (Phi) is 12.3. The summed E-state index contributed by atoms with van der Waals surface area (Å²) in [5, 5.41) is 5.76. The summed E-state index contributed by atoms with van der Waals surface area (Å²) in [6.45, 7) is 7.43. The van der Waals surface area contributed by atoms with Crippen LogP contribution in [0.5, 0.6) is 6.01 Å². The summed E-state index contributed by atoms with van der Waals surface area (Å²) < 4.78 is 113. The standard InChI is InChI=1S/C37H38F2N6O.C5H6F6O.C2H6/c1-2-24-26(38)15-14-22-8-3-10-25(30(22)24)33-32(39)34-31-28(41-33)12-5-13-29-27-11-4-9-23(40-27)20-45(29)35(31)43-36(42-34)46-21-37-16-6-18-44(37)19-7-17-37;1-3(12-2,4(6,7)8)5(9,10)11;1-2/h1,3,8,10,14-15,23,27,29,40H,4-7,9,11-13,16-21H2;1-2H3;1-2H3/t23-,27?,29?;;/m0../s1. The number of alkyl halides is 6. The molecule has 5 aliphatic rings. The highest BCUT2D eigenvalue weighted by Crippen LogP contribution is 2.46. The first kappa shape index (κ1) is 43.7. The maximum Gasteiger partial charge on any atom is 0.426 e. The van der Waals surface area contributed by atoms with E-state index >= 15 is 4.39 Å². The molecular weight excluding hydrogens is 797 g/mol. The highest BCUT2D eigenvalue weighted by atomic mass is 19.4. The number of hydrogen-bond acceptors (Lipinski definition) is 8. The summed E-state index contributed by atoms with van der Waals surface area (Å²) in [7, 11) is 0.362. The fourth-order valence-electron chi connectivity index (χ4n) is 9.75. The maximum absolute atomic E-state index is 17.2. The van der Waals surface area contributed by atoms with Crippen molar-refractivity contribution in [3.8, 4) is 29.6 Å². The van der Waals surface area contributed by atoms with Crippen LogP contribution in [0.1, 0.15) is 89.8 Å². The number of hydrogen-bond donors (Lipinski definition) is 1. The van der Waals surface area contributed by atoms with E-state index in [2.05, 4.69) is 25.8 Å². The van der Waals surface area contributed by atoms with Crippen molar-refractivity contribution in [3.63, 3.8) is 0 Å². The highest BCUT2D eigenvalue weighted by molar-refractivity contribution is 6.02. The molecule has 4 saturated heterocycles. The number of nitrogens with one attached hydrogen (secondary N) is 1. The summed E-state index contributed by atoms with van der Waals surface area (Å²) >= 11 is 0. The molecule has 60 heavy (non-hydrogen) atoms. The average molecular weight is 847 g/mol. The van der Waals surface area contributed by atoms with Gasteiger partial charge in [-0.25, -0.2) is 13.8 Å². The lowest BCUT2D eigenvalue weighted by molar-refractivity contribution is -0.367. The fourth-order valence-corrected chi connectivity index (χ4v) is 9.75. The molecule has 9 rings (SSSR count). The van der Waals surface area contributed by atoms with E-state index in [1.54, 1.807) is 12.1 Å². The Morgan fingerprint density at radius 3 is 2.27 bits per heavy atom. The minimum atomic E-state index is -5.46. The van der Waals surface area contributed by atoms with Crippen molar-refractivity contribution in [2.24, 2.45) is 0 Å². The smallest absolute Gasteiger partial charge is 0.426 e. The minimum Gasteiger partial charge on any atom is -0.461 e. The van der Waals surface area contributed by atoms with E-state index in [1.165, 1.54) is 12.5 Å². The van der Waals surface area contributed by atoms with Crippen LogP contribution in [0.3, 0.4) is 0 Å². The van der Waals surface area contributed by atoms with E-state index in [4.69, 9.17) is 26.1 Å². The molecule has 0 aliphatic carbocycles. The van der Waals surface area contributed by atoms with Crippen molar-refractivity contribution in [2.45, 2.75) is 127 Å². The van der Waals surface area contributed by atoms with Gasteiger partial charge in [-0.15, -0.1) is 6.42 Å². The maximum atomic E-state index is 17.2. The number of aryl methyl sites for hydroxylation is 1. The highest BCUT2D eigenvalue weighted by Gasteiger charge is 2.68. The lowest BCUT2D eigenvalue weighted by Crippen LogP contribution is -2.64. The molecule has 324 valence electrons. The number of piperazine rings is 1. The first-order chi connectivity index (χ1) is 28.6. The van der Waals surface area contributed by atoms with Crippen molar-refractivity contribution in [2.75, 3.05) is 38.3 Å². The van der Waals surface area contributed by atoms with E-state index < -0.39 is 29.6 Å². The Hall–Kier alpha value is -4.33. The lowest BCUT2D eigenvalue weighted by Gasteiger charge is -2.50. The van der Waals surface area contributed by atoms with Crippen molar-refractivity contribution in [1.29, 1.82) is 0 Å². The van der Waals surface area contributed by atoms with Crippen LogP contribution in [0.2, 0.25) is 0 Å². The summed E-state index contributed by atoms with van der Waals surface area (Å²) in [6.07, 6.45) is 5.43. The molecule has 2 bridgehead atoms. The SMILES string of the molecule is C#Cc1c(F)ccc2cccc(-c3nc4c5c(nc(OCC67CCCN6CCC7)nc5c3F)N3C[C@@H]5CCCC(N5)C3CCC4)c12.CC.COC(C)(C(F)(F)F)C(F)(F)F. The number of halogens is 8. The van der Waals surface area contributed by atoms with Gasteiger partial charge in [-0.2, -0.15) is 36.3 Å².